The van der Waals surface area contributed by atoms with E-state index in [2.05, 4.69) is 39.6 Å². The summed E-state index contributed by atoms with van der Waals surface area (Å²) in [6.45, 7) is 5.92. The maximum absolute atomic E-state index is 4.25. The molecule has 0 spiro atoms. The van der Waals surface area contributed by atoms with Crippen LogP contribution in [-0.4, -0.2) is 16.2 Å². The van der Waals surface area contributed by atoms with E-state index in [1.165, 1.54) is 5.56 Å². The van der Waals surface area contributed by atoms with Crippen LogP contribution in [0, 0.1) is 20.8 Å². The lowest BCUT2D eigenvalue weighted by Gasteiger charge is -2.01. The largest absolute Gasteiger partial charge is 0.245 e. The number of hydrogen-bond acceptors (Lipinski definition) is 4. The third-order valence-electron chi connectivity index (χ3n) is 2.40. The van der Waals surface area contributed by atoms with Crippen molar-refractivity contribution >= 4 is 12.2 Å². The Bertz CT molecular complexity index is 556. The Labute approximate surface area is 107 Å². The first-order valence-corrected chi connectivity index (χ1v) is 5.81. The average Bonchev–Trinajstić information content (AvgIpc) is 2.27. The molecule has 4 nitrogen and oxygen atoms in total. The van der Waals surface area contributed by atoms with Crippen molar-refractivity contribution in [3.05, 3.63) is 52.8 Å². The molecule has 4 heteroatoms. The normalized spacial score (nSPS) is 10.8. The Balaban J connectivity index is 2.07. The second-order valence-corrected chi connectivity index (χ2v) is 4.26. The molecular weight excluding hydrogens is 224 g/mol. The number of anilines is 1. The molecule has 2 rings (SSSR count). The van der Waals surface area contributed by atoms with Crippen molar-refractivity contribution < 1.29 is 0 Å². The van der Waals surface area contributed by atoms with E-state index in [-0.39, 0.29) is 0 Å². The first kappa shape index (κ1) is 12.2. The van der Waals surface area contributed by atoms with Crippen molar-refractivity contribution in [3.8, 4) is 0 Å². The molecular formula is C14H16N4. The minimum Gasteiger partial charge on any atom is -0.245 e. The van der Waals surface area contributed by atoms with Crippen LogP contribution >= 0.6 is 0 Å². The van der Waals surface area contributed by atoms with Gasteiger partial charge >= 0.3 is 0 Å². The lowest BCUT2D eigenvalue weighted by atomic mass is 10.2. The molecule has 92 valence electrons. The van der Waals surface area contributed by atoms with Crippen molar-refractivity contribution in [3.63, 3.8) is 0 Å². The molecule has 0 fully saturated rings. The van der Waals surface area contributed by atoms with Gasteiger partial charge in [-0.3, -0.25) is 0 Å². The molecule has 0 aliphatic rings. The van der Waals surface area contributed by atoms with Gasteiger partial charge in [0.25, 0.3) is 0 Å². The summed E-state index contributed by atoms with van der Waals surface area (Å²) in [4.78, 5) is 8.49. The predicted octanol–water partition coefficient (Wildman–Crippen LogP) is 2.85. The Morgan fingerprint density at radius 1 is 1.06 bits per heavy atom. The Kier molecular flexibility index (Phi) is 3.67. The van der Waals surface area contributed by atoms with Gasteiger partial charge < -0.3 is 0 Å². The second kappa shape index (κ2) is 5.40. The van der Waals surface area contributed by atoms with Crippen LogP contribution < -0.4 is 5.43 Å². The zero-order chi connectivity index (χ0) is 13.0. The SMILES string of the molecule is Cc1cccc(/C=N/Nc2nc(C)cc(C)n2)c1. The third-order valence-corrected chi connectivity index (χ3v) is 2.40. The van der Waals surface area contributed by atoms with E-state index in [4.69, 9.17) is 0 Å². The van der Waals surface area contributed by atoms with Crippen LogP contribution in [0.3, 0.4) is 0 Å². The highest BCUT2D eigenvalue weighted by atomic mass is 15.3. The summed E-state index contributed by atoms with van der Waals surface area (Å²) < 4.78 is 0. The number of hydrogen-bond donors (Lipinski definition) is 1. The van der Waals surface area contributed by atoms with Crippen molar-refractivity contribution in [1.82, 2.24) is 9.97 Å². The summed E-state index contributed by atoms with van der Waals surface area (Å²) in [6, 6.07) is 10.0. The average molecular weight is 240 g/mol. The van der Waals surface area contributed by atoms with Crippen molar-refractivity contribution in [2.75, 3.05) is 5.43 Å². The number of aromatic nitrogens is 2. The third kappa shape index (κ3) is 3.38. The highest BCUT2D eigenvalue weighted by molar-refractivity contribution is 5.80. The van der Waals surface area contributed by atoms with Gasteiger partial charge in [-0.1, -0.05) is 29.8 Å². The van der Waals surface area contributed by atoms with E-state index >= 15 is 0 Å². The van der Waals surface area contributed by atoms with Gasteiger partial charge in [0.1, 0.15) is 0 Å². The highest BCUT2D eigenvalue weighted by Crippen LogP contribution is 2.04. The summed E-state index contributed by atoms with van der Waals surface area (Å²) >= 11 is 0. The lowest BCUT2D eigenvalue weighted by molar-refractivity contribution is 1.04. The Morgan fingerprint density at radius 2 is 1.78 bits per heavy atom. The summed E-state index contributed by atoms with van der Waals surface area (Å²) in [7, 11) is 0. The number of nitrogens with one attached hydrogen (secondary N) is 1. The Hall–Kier alpha value is -2.23. The molecule has 1 aromatic heterocycles. The van der Waals surface area contributed by atoms with Crippen LogP contribution in [0.1, 0.15) is 22.5 Å². The van der Waals surface area contributed by atoms with Gasteiger partial charge in [-0.15, -0.1) is 0 Å². The predicted molar refractivity (Wildman–Crippen MR) is 73.9 cm³/mol. The van der Waals surface area contributed by atoms with Crippen molar-refractivity contribution in [1.29, 1.82) is 0 Å². The molecule has 0 atom stereocenters. The summed E-state index contributed by atoms with van der Waals surface area (Å²) in [6.07, 6.45) is 1.76. The Morgan fingerprint density at radius 3 is 2.44 bits per heavy atom. The zero-order valence-electron chi connectivity index (χ0n) is 10.8. The molecule has 0 amide bonds. The second-order valence-electron chi connectivity index (χ2n) is 4.26. The molecule has 0 saturated carbocycles. The fraction of sp³-hybridized carbons (Fsp3) is 0.214. The van der Waals surface area contributed by atoms with Gasteiger partial charge in [0, 0.05) is 11.4 Å². The molecule has 0 bridgehead atoms. The van der Waals surface area contributed by atoms with E-state index < -0.39 is 0 Å². The lowest BCUT2D eigenvalue weighted by Crippen LogP contribution is -1.99. The van der Waals surface area contributed by atoms with E-state index in [0.29, 0.717) is 5.95 Å². The van der Waals surface area contributed by atoms with Crippen molar-refractivity contribution in [2.45, 2.75) is 20.8 Å². The number of benzene rings is 1. The van der Waals surface area contributed by atoms with Gasteiger partial charge in [0.05, 0.1) is 6.21 Å². The van der Waals surface area contributed by atoms with Gasteiger partial charge in [-0.05, 0) is 32.4 Å². The number of hydrazone groups is 1. The molecule has 1 aromatic carbocycles. The van der Waals surface area contributed by atoms with Crippen LogP contribution in [0.4, 0.5) is 5.95 Å². The maximum Gasteiger partial charge on any atom is 0.243 e. The fourth-order valence-corrected chi connectivity index (χ4v) is 1.69. The summed E-state index contributed by atoms with van der Waals surface area (Å²) in [5.74, 6) is 0.524. The zero-order valence-corrected chi connectivity index (χ0v) is 10.8. The van der Waals surface area contributed by atoms with Crippen LogP contribution in [0.5, 0.6) is 0 Å². The molecule has 0 unspecified atom stereocenters. The number of aryl methyl sites for hydroxylation is 3. The molecule has 0 aliphatic carbocycles. The number of nitrogens with zero attached hydrogens (tertiary/aromatic N) is 3. The first-order chi connectivity index (χ1) is 8.63. The van der Waals surface area contributed by atoms with Gasteiger partial charge in [0.2, 0.25) is 5.95 Å². The van der Waals surface area contributed by atoms with E-state index in [1.54, 1.807) is 6.21 Å². The smallest absolute Gasteiger partial charge is 0.243 e. The minimum absolute atomic E-state index is 0.524. The highest BCUT2D eigenvalue weighted by Gasteiger charge is 1.96. The summed E-state index contributed by atoms with van der Waals surface area (Å²) in [5.41, 5.74) is 6.95. The van der Waals surface area contributed by atoms with Crippen LogP contribution in [0.2, 0.25) is 0 Å². The van der Waals surface area contributed by atoms with Crippen LogP contribution in [0.25, 0.3) is 0 Å². The van der Waals surface area contributed by atoms with Crippen LogP contribution in [0.15, 0.2) is 35.4 Å². The topological polar surface area (TPSA) is 50.2 Å². The molecule has 0 saturated heterocycles. The monoisotopic (exact) mass is 240 g/mol. The molecule has 0 aliphatic heterocycles. The van der Waals surface area contributed by atoms with Gasteiger partial charge in [-0.25, -0.2) is 15.4 Å². The van der Waals surface area contributed by atoms with E-state index in [1.807, 2.05) is 32.0 Å². The van der Waals surface area contributed by atoms with Gasteiger partial charge in [-0.2, -0.15) is 5.10 Å². The van der Waals surface area contributed by atoms with Crippen LogP contribution in [-0.2, 0) is 0 Å². The first-order valence-electron chi connectivity index (χ1n) is 5.81. The molecule has 18 heavy (non-hydrogen) atoms. The minimum atomic E-state index is 0.524. The molecule has 0 radical (unpaired) electrons. The standard InChI is InChI=1S/C14H16N4/c1-10-5-4-6-13(7-10)9-15-18-14-16-11(2)8-12(3)17-14/h4-9H,1-3H3,(H,16,17,18)/b15-9+. The van der Waals surface area contributed by atoms with Crippen molar-refractivity contribution in [2.24, 2.45) is 5.10 Å². The number of rotatable bonds is 3. The fourth-order valence-electron chi connectivity index (χ4n) is 1.69. The van der Waals surface area contributed by atoms with E-state index in [0.717, 1.165) is 17.0 Å². The summed E-state index contributed by atoms with van der Waals surface area (Å²) in [5, 5.41) is 4.14. The van der Waals surface area contributed by atoms with E-state index in [9.17, 15) is 0 Å². The maximum atomic E-state index is 4.25. The molecule has 2 aromatic rings. The molecule has 1 N–H and O–H groups in total. The van der Waals surface area contributed by atoms with Gasteiger partial charge in [0.15, 0.2) is 0 Å². The quantitative estimate of drug-likeness (QED) is 0.663. The molecule has 1 heterocycles.